The summed E-state index contributed by atoms with van der Waals surface area (Å²) < 4.78 is 13.3. The van der Waals surface area contributed by atoms with Crippen molar-refractivity contribution >= 4 is 28.9 Å². The van der Waals surface area contributed by atoms with Crippen molar-refractivity contribution in [1.29, 1.82) is 0 Å². The fraction of sp³-hybridized carbons (Fsp3) is 0.417. The molecule has 110 valence electrons. The van der Waals surface area contributed by atoms with E-state index in [2.05, 4.69) is 5.32 Å². The summed E-state index contributed by atoms with van der Waals surface area (Å²) in [7, 11) is 0. The van der Waals surface area contributed by atoms with Crippen LogP contribution in [0.2, 0.25) is 5.02 Å². The van der Waals surface area contributed by atoms with Crippen LogP contribution in [-0.4, -0.2) is 22.5 Å². The van der Waals surface area contributed by atoms with E-state index in [4.69, 9.17) is 16.7 Å². The van der Waals surface area contributed by atoms with E-state index in [1.165, 1.54) is 0 Å². The molecule has 0 spiro atoms. The van der Waals surface area contributed by atoms with Gasteiger partial charge in [-0.3, -0.25) is 14.9 Å². The molecule has 8 heteroatoms. The summed E-state index contributed by atoms with van der Waals surface area (Å²) in [5.74, 6) is -1.68. The van der Waals surface area contributed by atoms with Crippen LogP contribution in [0.5, 0.6) is 0 Å². The normalized spacial score (nSPS) is 11.9. The van der Waals surface area contributed by atoms with Crippen LogP contribution in [0.4, 0.5) is 15.8 Å². The summed E-state index contributed by atoms with van der Waals surface area (Å²) >= 11 is 5.50. The highest BCUT2D eigenvalue weighted by molar-refractivity contribution is 6.31. The van der Waals surface area contributed by atoms with Gasteiger partial charge >= 0.3 is 5.97 Å². The lowest BCUT2D eigenvalue weighted by atomic mass is 10.1. The summed E-state index contributed by atoms with van der Waals surface area (Å²) in [5.41, 5.74) is -0.291. The summed E-state index contributed by atoms with van der Waals surface area (Å²) in [4.78, 5) is 20.6. The Kier molecular flexibility index (Phi) is 5.69. The molecule has 0 fully saturated rings. The van der Waals surface area contributed by atoms with Crippen LogP contribution in [0.25, 0.3) is 0 Å². The van der Waals surface area contributed by atoms with Crippen molar-refractivity contribution in [3.8, 4) is 0 Å². The molecule has 1 atom stereocenters. The van der Waals surface area contributed by atoms with Crippen molar-refractivity contribution in [2.24, 2.45) is 5.92 Å². The van der Waals surface area contributed by atoms with Gasteiger partial charge in [0, 0.05) is 25.1 Å². The zero-order chi connectivity index (χ0) is 15.3. The minimum absolute atomic E-state index is 0.0138. The van der Waals surface area contributed by atoms with E-state index < -0.39 is 16.7 Å². The highest BCUT2D eigenvalue weighted by Crippen LogP contribution is 2.30. The summed E-state index contributed by atoms with van der Waals surface area (Å²) in [6, 6.07) is 1.91. The van der Waals surface area contributed by atoms with Crippen molar-refractivity contribution in [3.05, 3.63) is 33.1 Å². The van der Waals surface area contributed by atoms with E-state index in [0.29, 0.717) is 13.0 Å². The van der Waals surface area contributed by atoms with Crippen LogP contribution in [-0.2, 0) is 4.79 Å². The lowest BCUT2D eigenvalue weighted by Crippen LogP contribution is -2.14. The molecule has 0 saturated carbocycles. The van der Waals surface area contributed by atoms with Gasteiger partial charge in [0.1, 0.15) is 11.5 Å². The van der Waals surface area contributed by atoms with E-state index in [1.807, 2.05) is 0 Å². The van der Waals surface area contributed by atoms with Gasteiger partial charge in [-0.1, -0.05) is 18.5 Å². The van der Waals surface area contributed by atoms with E-state index in [-0.39, 0.29) is 28.7 Å². The van der Waals surface area contributed by atoms with Crippen LogP contribution in [0.3, 0.4) is 0 Å². The first-order valence-corrected chi connectivity index (χ1v) is 6.28. The molecule has 0 radical (unpaired) electrons. The number of anilines is 1. The van der Waals surface area contributed by atoms with Gasteiger partial charge < -0.3 is 10.4 Å². The predicted octanol–water partition coefficient (Wildman–Crippen LogP) is 3.30. The fourth-order valence-corrected chi connectivity index (χ4v) is 1.74. The minimum atomic E-state index is -0.902. The number of carboxylic acids is 1. The molecule has 2 N–H and O–H groups in total. The average molecular weight is 305 g/mol. The monoisotopic (exact) mass is 304 g/mol. The van der Waals surface area contributed by atoms with Gasteiger partial charge in [0.15, 0.2) is 0 Å². The Bertz CT molecular complexity index is 524. The third kappa shape index (κ3) is 4.65. The maximum absolute atomic E-state index is 13.3. The van der Waals surface area contributed by atoms with Crippen LogP contribution in [0, 0.1) is 21.8 Å². The number of nitrogens with zero attached hydrogens (tertiary/aromatic N) is 1. The largest absolute Gasteiger partial charge is 0.481 e. The lowest BCUT2D eigenvalue weighted by Gasteiger charge is -2.13. The Morgan fingerprint density at radius 2 is 2.25 bits per heavy atom. The second-order valence-corrected chi connectivity index (χ2v) is 4.87. The zero-order valence-corrected chi connectivity index (χ0v) is 11.5. The first kappa shape index (κ1) is 16.2. The Morgan fingerprint density at radius 3 is 2.80 bits per heavy atom. The summed E-state index contributed by atoms with van der Waals surface area (Å²) in [5, 5.41) is 21.8. The maximum Gasteiger partial charge on any atom is 0.303 e. The van der Waals surface area contributed by atoms with Crippen LogP contribution < -0.4 is 5.32 Å². The van der Waals surface area contributed by atoms with Crippen molar-refractivity contribution < 1.29 is 19.2 Å². The highest BCUT2D eigenvalue weighted by atomic mass is 35.5. The van der Waals surface area contributed by atoms with Crippen molar-refractivity contribution in [1.82, 2.24) is 0 Å². The molecule has 0 amide bonds. The number of nitrogens with one attached hydrogen (secondary N) is 1. The topological polar surface area (TPSA) is 92.5 Å². The van der Waals surface area contributed by atoms with Gasteiger partial charge in [0.2, 0.25) is 0 Å². The average Bonchev–Trinajstić information content (AvgIpc) is 2.36. The SMILES string of the molecule is CC(CCC(=O)O)CNc1cc(F)c(Cl)cc1[N+](=O)[O-]. The van der Waals surface area contributed by atoms with Gasteiger partial charge in [0.25, 0.3) is 5.69 Å². The number of benzene rings is 1. The number of hydrogen-bond acceptors (Lipinski definition) is 4. The molecule has 0 aliphatic heterocycles. The van der Waals surface area contributed by atoms with E-state index in [0.717, 1.165) is 12.1 Å². The van der Waals surface area contributed by atoms with Gasteiger partial charge in [-0.05, 0) is 12.3 Å². The van der Waals surface area contributed by atoms with Crippen molar-refractivity contribution in [3.63, 3.8) is 0 Å². The van der Waals surface area contributed by atoms with Gasteiger partial charge in [0.05, 0.1) is 9.95 Å². The Morgan fingerprint density at radius 1 is 1.60 bits per heavy atom. The number of halogens is 2. The van der Waals surface area contributed by atoms with Gasteiger partial charge in [-0.15, -0.1) is 0 Å². The maximum atomic E-state index is 13.3. The molecule has 0 saturated heterocycles. The fourth-order valence-electron chi connectivity index (χ4n) is 1.59. The second kappa shape index (κ2) is 7.04. The third-order valence-electron chi connectivity index (χ3n) is 2.73. The number of carbonyl (C=O) groups is 1. The number of nitro benzene ring substituents is 1. The molecule has 6 nitrogen and oxygen atoms in total. The molecule has 0 heterocycles. The molecule has 0 bridgehead atoms. The van der Waals surface area contributed by atoms with E-state index in [9.17, 15) is 19.3 Å². The van der Waals surface area contributed by atoms with Crippen molar-refractivity contribution in [2.45, 2.75) is 19.8 Å². The van der Waals surface area contributed by atoms with Crippen LogP contribution >= 0.6 is 11.6 Å². The molecule has 1 rings (SSSR count). The number of aliphatic carboxylic acids is 1. The standard InChI is InChI=1S/C12H14ClFN2O4/c1-7(2-3-12(17)18)6-15-10-5-9(14)8(13)4-11(10)16(19)20/h4-5,7,15H,2-3,6H2,1H3,(H,17,18). The zero-order valence-electron chi connectivity index (χ0n) is 10.7. The summed E-state index contributed by atoms with van der Waals surface area (Å²) in [6.07, 6.45) is 0.437. The first-order chi connectivity index (χ1) is 9.31. The molecule has 0 aliphatic rings. The first-order valence-electron chi connectivity index (χ1n) is 5.90. The number of carboxylic acid groups (broad SMARTS) is 1. The molecular formula is C12H14ClFN2O4. The summed E-state index contributed by atoms with van der Waals surface area (Å²) in [6.45, 7) is 2.10. The minimum Gasteiger partial charge on any atom is -0.481 e. The molecule has 1 unspecified atom stereocenters. The molecule has 0 aromatic heterocycles. The Labute approximate surface area is 119 Å². The molecule has 1 aromatic rings. The van der Waals surface area contributed by atoms with Gasteiger partial charge in [-0.2, -0.15) is 0 Å². The molecule has 20 heavy (non-hydrogen) atoms. The Hall–Kier alpha value is -1.89. The predicted molar refractivity (Wildman–Crippen MR) is 72.6 cm³/mol. The molecule has 0 aliphatic carbocycles. The number of rotatable bonds is 7. The van der Waals surface area contributed by atoms with Gasteiger partial charge in [-0.25, -0.2) is 4.39 Å². The lowest BCUT2D eigenvalue weighted by molar-refractivity contribution is -0.384. The number of nitro groups is 1. The highest BCUT2D eigenvalue weighted by Gasteiger charge is 2.18. The van der Waals surface area contributed by atoms with Crippen molar-refractivity contribution in [2.75, 3.05) is 11.9 Å². The molecule has 1 aromatic carbocycles. The third-order valence-corrected chi connectivity index (χ3v) is 3.02. The number of hydrogen-bond donors (Lipinski definition) is 2. The Balaban J connectivity index is 2.74. The smallest absolute Gasteiger partial charge is 0.303 e. The quantitative estimate of drug-likeness (QED) is 0.595. The second-order valence-electron chi connectivity index (χ2n) is 4.46. The van der Waals surface area contributed by atoms with E-state index in [1.54, 1.807) is 6.92 Å². The van der Waals surface area contributed by atoms with Crippen LogP contribution in [0.15, 0.2) is 12.1 Å². The van der Waals surface area contributed by atoms with Crippen LogP contribution in [0.1, 0.15) is 19.8 Å². The van der Waals surface area contributed by atoms with E-state index >= 15 is 0 Å². The molecular weight excluding hydrogens is 291 g/mol.